The summed E-state index contributed by atoms with van der Waals surface area (Å²) in [7, 11) is -5.30. The summed E-state index contributed by atoms with van der Waals surface area (Å²) in [5.41, 5.74) is 0. The van der Waals surface area contributed by atoms with E-state index in [9.17, 15) is 23.9 Å². The Morgan fingerprint density at radius 1 is 0.446 bits per heavy atom. The molecule has 56 heavy (non-hydrogen) atoms. The van der Waals surface area contributed by atoms with Gasteiger partial charge in [-0.2, -0.15) is 0 Å². The number of hydrogen-bond acceptors (Lipinski definition) is 8. The van der Waals surface area contributed by atoms with Gasteiger partial charge in [0.1, 0.15) is 6.61 Å². The zero-order valence-corrected chi connectivity index (χ0v) is 34.8. The van der Waals surface area contributed by atoms with E-state index in [1.807, 2.05) is 30.4 Å². The van der Waals surface area contributed by atoms with E-state index in [0.717, 1.165) is 77.0 Å². The Bertz CT molecular complexity index is 1400. The van der Waals surface area contributed by atoms with Gasteiger partial charge in [-0.3, -0.25) is 9.59 Å². The van der Waals surface area contributed by atoms with E-state index in [0.29, 0.717) is 12.8 Å². The van der Waals surface area contributed by atoms with Crippen molar-refractivity contribution in [3.63, 3.8) is 0 Å². The number of allylic oxidation sites excluding steroid dienone is 24. The minimum Gasteiger partial charge on any atom is -0.790 e. The molecule has 0 aliphatic carbocycles. The van der Waals surface area contributed by atoms with Gasteiger partial charge in [-0.05, 0) is 89.9 Å². The monoisotopic (exact) mass is 790 g/mol. The second kappa shape index (κ2) is 40.6. The Balaban J connectivity index is 4.24. The molecule has 0 radical (unpaired) electrons. The van der Waals surface area contributed by atoms with Gasteiger partial charge in [0.05, 0.1) is 14.4 Å². The Labute approximate surface area is 338 Å². The third kappa shape index (κ3) is 42.7. The lowest BCUT2D eigenvalue weighted by atomic mass is 10.2. The molecule has 0 bridgehead atoms. The smallest absolute Gasteiger partial charge is 0.306 e. The number of carbonyl (C=O) groups excluding carboxylic acids is 2. The first kappa shape index (κ1) is 51.9. The molecule has 9 heteroatoms. The fraction of sp³-hybridized carbons (Fsp3) is 0.447. The van der Waals surface area contributed by atoms with Crippen molar-refractivity contribution in [1.29, 1.82) is 0 Å². The van der Waals surface area contributed by atoms with Crippen LogP contribution >= 0.6 is 7.82 Å². The molecule has 0 saturated carbocycles. The number of ether oxygens (including phenoxy) is 2. The van der Waals surface area contributed by atoms with Crippen LogP contribution in [-0.2, 0) is 28.2 Å². The van der Waals surface area contributed by atoms with Crippen molar-refractivity contribution in [2.45, 2.75) is 123 Å². The second-order valence-corrected chi connectivity index (χ2v) is 13.6. The van der Waals surface area contributed by atoms with Gasteiger partial charge in [0, 0.05) is 12.8 Å². The molecule has 0 aromatic heterocycles. The molecule has 0 aromatic rings. The second-order valence-electron chi connectivity index (χ2n) is 12.4. The molecule has 0 rings (SSSR count). The van der Waals surface area contributed by atoms with Crippen molar-refractivity contribution in [2.75, 3.05) is 13.2 Å². The van der Waals surface area contributed by atoms with Crippen molar-refractivity contribution in [3.8, 4) is 0 Å². The lowest BCUT2D eigenvalue weighted by Crippen LogP contribution is -2.31. The molecule has 0 aliphatic heterocycles. The Morgan fingerprint density at radius 2 is 0.732 bits per heavy atom. The maximum atomic E-state index is 12.3. The molecule has 0 aliphatic rings. The first-order valence-electron chi connectivity index (χ1n) is 20.1. The maximum Gasteiger partial charge on any atom is 0.306 e. The molecule has 0 unspecified atom stereocenters. The zero-order chi connectivity index (χ0) is 41.1. The van der Waals surface area contributed by atoms with Gasteiger partial charge in [-0.15, -0.1) is 0 Å². The quantitative estimate of drug-likeness (QED) is 0.0358. The third-order valence-corrected chi connectivity index (χ3v) is 7.84. The molecular formula is C47H67O8P-2. The summed E-state index contributed by atoms with van der Waals surface area (Å²) in [6.07, 6.45) is 61.2. The van der Waals surface area contributed by atoms with E-state index < -0.39 is 39.1 Å². The molecule has 310 valence electrons. The van der Waals surface area contributed by atoms with E-state index in [2.05, 4.69) is 134 Å². The van der Waals surface area contributed by atoms with Crippen molar-refractivity contribution in [1.82, 2.24) is 0 Å². The van der Waals surface area contributed by atoms with Crippen LogP contribution in [0.5, 0.6) is 0 Å². The van der Waals surface area contributed by atoms with E-state index in [4.69, 9.17) is 9.47 Å². The normalized spacial score (nSPS) is 14.0. The van der Waals surface area contributed by atoms with Crippen LogP contribution < -0.4 is 9.79 Å². The van der Waals surface area contributed by atoms with Crippen molar-refractivity contribution in [3.05, 3.63) is 146 Å². The van der Waals surface area contributed by atoms with Crippen molar-refractivity contribution in [2.24, 2.45) is 0 Å². The van der Waals surface area contributed by atoms with Crippen LogP contribution in [-0.4, -0.2) is 31.3 Å². The lowest BCUT2D eigenvalue weighted by Gasteiger charge is -2.30. The average molecular weight is 791 g/mol. The highest BCUT2D eigenvalue weighted by molar-refractivity contribution is 7.43. The highest BCUT2D eigenvalue weighted by atomic mass is 31.2. The van der Waals surface area contributed by atoms with Gasteiger partial charge in [-0.1, -0.05) is 160 Å². The molecule has 0 heterocycles. The summed E-state index contributed by atoms with van der Waals surface area (Å²) >= 11 is 0. The average Bonchev–Trinajstić information content (AvgIpc) is 3.17. The van der Waals surface area contributed by atoms with Gasteiger partial charge in [-0.25, -0.2) is 0 Å². The Morgan fingerprint density at radius 3 is 1.04 bits per heavy atom. The maximum absolute atomic E-state index is 12.3. The number of hydrogen-bond donors (Lipinski definition) is 0. The predicted octanol–water partition coefficient (Wildman–Crippen LogP) is 11.2. The molecule has 0 N–H and O–H groups in total. The van der Waals surface area contributed by atoms with Crippen molar-refractivity contribution >= 4 is 19.8 Å². The van der Waals surface area contributed by atoms with E-state index >= 15 is 0 Å². The topological polar surface area (TPSA) is 125 Å². The molecule has 0 amide bonds. The molecule has 0 aromatic carbocycles. The minimum absolute atomic E-state index is 0.0295. The summed E-state index contributed by atoms with van der Waals surface area (Å²) in [6, 6.07) is 0. The molecule has 0 saturated heterocycles. The number of carbonyl (C=O) groups is 2. The van der Waals surface area contributed by atoms with Crippen LogP contribution in [0.25, 0.3) is 0 Å². The zero-order valence-electron chi connectivity index (χ0n) is 33.9. The highest BCUT2D eigenvalue weighted by Crippen LogP contribution is 2.25. The molecule has 0 spiro atoms. The van der Waals surface area contributed by atoms with Gasteiger partial charge in [0.25, 0.3) is 0 Å². The SMILES string of the molecule is CC/C=C\C/C=C\C/C=C\C/C=C\C/C=C\C/C=C\CCC(=O)OC[C@H](COP(=O)([O-])[O-])OC(=O)CC/C=C\C/C=C\C/C=C\C/C=C\C/C=C\C/C=C\CC. The van der Waals surface area contributed by atoms with Crippen LogP contribution in [0.15, 0.2) is 146 Å². The van der Waals surface area contributed by atoms with Crippen LogP contribution in [0, 0.1) is 0 Å². The number of phosphoric acid groups is 1. The minimum atomic E-state index is -5.30. The summed E-state index contributed by atoms with van der Waals surface area (Å²) < 4.78 is 25.7. The number of rotatable bonds is 34. The predicted molar refractivity (Wildman–Crippen MR) is 229 cm³/mol. The first-order chi connectivity index (χ1) is 27.3. The third-order valence-electron chi connectivity index (χ3n) is 7.37. The van der Waals surface area contributed by atoms with E-state index in [1.165, 1.54) is 0 Å². The van der Waals surface area contributed by atoms with Crippen LogP contribution in [0.3, 0.4) is 0 Å². The molecular weight excluding hydrogens is 723 g/mol. The summed E-state index contributed by atoms with van der Waals surface area (Å²) in [5.74, 6) is -1.17. The fourth-order valence-corrected chi connectivity index (χ4v) is 4.82. The van der Waals surface area contributed by atoms with Gasteiger partial charge in [0.2, 0.25) is 0 Å². The molecule has 8 nitrogen and oxygen atoms in total. The van der Waals surface area contributed by atoms with E-state index in [-0.39, 0.29) is 12.8 Å². The van der Waals surface area contributed by atoms with Crippen molar-refractivity contribution < 1.29 is 37.9 Å². The van der Waals surface area contributed by atoms with Crippen LogP contribution in [0.4, 0.5) is 0 Å². The summed E-state index contributed by atoms with van der Waals surface area (Å²) in [6.45, 7) is 3.11. The molecule has 1 atom stereocenters. The lowest BCUT2D eigenvalue weighted by molar-refractivity contribution is -0.343. The van der Waals surface area contributed by atoms with Gasteiger partial charge >= 0.3 is 11.9 Å². The van der Waals surface area contributed by atoms with Gasteiger partial charge in [0.15, 0.2) is 6.10 Å². The largest absolute Gasteiger partial charge is 0.790 e. The summed E-state index contributed by atoms with van der Waals surface area (Å²) in [5, 5.41) is 0. The van der Waals surface area contributed by atoms with Crippen LogP contribution in [0.2, 0.25) is 0 Å². The summed E-state index contributed by atoms with van der Waals surface area (Å²) in [4.78, 5) is 46.5. The Kier molecular flexibility index (Phi) is 37.6. The fourth-order valence-electron chi connectivity index (χ4n) is 4.48. The number of phosphoric ester groups is 1. The van der Waals surface area contributed by atoms with E-state index in [1.54, 1.807) is 0 Å². The molecule has 0 fully saturated rings. The Hall–Kier alpha value is -4.07. The first-order valence-corrected chi connectivity index (χ1v) is 21.6. The van der Waals surface area contributed by atoms with Crippen LogP contribution in [0.1, 0.15) is 117 Å². The standard InChI is InChI=1S/C47H69O8P/c1-3-5-7-9-11-13-15-17-19-21-23-25-27-29-31-33-35-37-39-41-46(48)53-43-45(44-54-56(50,51)52)55-47(49)42-40-38-36-34-32-30-28-26-24-22-20-18-16-14-12-10-8-6-4-2/h5-8,11-14,17-20,23-26,29-32,35-38,45H,3-4,9-10,15-16,21-22,27-28,33-34,39-44H2,1-2H3,(H2,50,51,52)/p-2/b7-5-,8-6-,13-11-,14-12-,19-17-,20-18-,25-23-,26-24-,31-29-,32-30-,37-35-,38-36-/t45-/m1/s1. The highest BCUT2D eigenvalue weighted by Gasteiger charge is 2.18. The van der Waals surface area contributed by atoms with Gasteiger partial charge < -0.3 is 28.3 Å². The number of esters is 2.